The number of halogens is 1. The molecule has 0 aliphatic heterocycles. The smallest absolute Gasteiger partial charge is 0.0931 e. The first-order valence-corrected chi connectivity index (χ1v) is 7.00. The van der Waals surface area contributed by atoms with Crippen molar-refractivity contribution in [3.63, 3.8) is 0 Å². The van der Waals surface area contributed by atoms with E-state index in [1.165, 1.54) is 0 Å². The van der Waals surface area contributed by atoms with Crippen LogP contribution in [0.2, 0.25) is 5.02 Å². The van der Waals surface area contributed by atoms with Crippen molar-refractivity contribution in [2.24, 2.45) is 0 Å². The third kappa shape index (κ3) is 3.57. The second kappa shape index (κ2) is 6.84. The van der Waals surface area contributed by atoms with E-state index in [1.54, 1.807) is 12.3 Å². The van der Waals surface area contributed by atoms with E-state index in [1.807, 2.05) is 43.6 Å². The first-order valence-electron chi connectivity index (χ1n) is 6.62. The molecule has 0 spiro atoms. The second-order valence-corrected chi connectivity index (χ2v) is 5.35. The predicted molar refractivity (Wildman–Crippen MR) is 81.7 cm³/mol. The fourth-order valence-electron chi connectivity index (χ4n) is 2.15. The zero-order valence-electron chi connectivity index (χ0n) is 11.7. The molecule has 1 N–H and O–H groups in total. The van der Waals surface area contributed by atoms with Crippen molar-refractivity contribution < 1.29 is 5.11 Å². The lowest BCUT2D eigenvalue weighted by atomic mass is 10.1. The molecule has 2 rings (SSSR count). The lowest BCUT2D eigenvalue weighted by molar-refractivity contribution is 0.108. The van der Waals surface area contributed by atoms with Crippen molar-refractivity contribution in [1.29, 1.82) is 0 Å². The van der Waals surface area contributed by atoms with Gasteiger partial charge in [-0.3, -0.25) is 9.88 Å². The van der Waals surface area contributed by atoms with E-state index in [0.717, 1.165) is 11.1 Å². The third-order valence-electron chi connectivity index (χ3n) is 3.55. The Morgan fingerprint density at radius 2 is 2.00 bits per heavy atom. The molecule has 106 valence electrons. The fraction of sp³-hybridized carbons (Fsp3) is 0.312. The summed E-state index contributed by atoms with van der Waals surface area (Å²) in [5.74, 6) is 0. The van der Waals surface area contributed by atoms with E-state index in [0.29, 0.717) is 11.6 Å². The van der Waals surface area contributed by atoms with E-state index < -0.39 is 6.10 Å². The molecular weight excluding hydrogens is 272 g/mol. The minimum Gasteiger partial charge on any atom is -0.387 e. The number of pyridine rings is 1. The van der Waals surface area contributed by atoms with Crippen LogP contribution in [0.5, 0.6) is 0 Å². The van der Waals surface area contributed by atoms with Crippen LogP contribution >= 0.6 is 11.6 Å². The van der Waals surface area contributed by atoms with Crippen LogP contribution in [0, 0.1) is 0 Å². The number of hydrogen-bond acceptors (Lipinski definition) is 3. The molecule has 0 aliphatic rings. The van der Waals surface area contributed by atoms with Gasteiger partial charge in [0, 0.05) is 35.6 Å². The van der Waals surface area contributed by atoms with Gasteiger partial charge in [0.1, 0.15) is 0 Å². The largest absolute Gasteiger partial charge is 0.387 e. The Labute approximate surface area is 124 Å². The maximum atomic E-state index is 10.3. The summed E-state index contributed by atoms with van der Waals surface area (Å²) in [4.78, 5) is 6.22. The molecule has 2 aromatic rings. The average Bonchev–Trinajstić information content (AvgIpc) is 2.47. The molecular formula is C16H19ClN2O. The lowest BCUT2D eigenvalue weighted by Crippen LogP contribution is -2.27. The highest BCUT2D eigenvalue weighted by Gasteiger charge is 2.18. The highest BCUT2D eigenvalue weighted by molar-refractivity contribution is 6.31. The first-order chi connectivity index (χ1) is 9.59. The zero-order valence-corrected chi connectivity index (χ0v) is 12.5. The highest BCUT2D eigenvalue weighted by Crippen LogP contribution is 2.25. The van der Waals surface area contributed by atoms with Crippen LogP contribution in [-0.2, 0) is 0 Å². The van der Waals surface area contributed by atoms with Gasteiger partial charge in [0.05, 0.1) is 6.10 Å². The van der Waals surface area contributed by atoms with E-state index in [9.17, 15) is 5.11 Å². The maximum Gasteiger partial charge on any atom is 0.0931 e. The molecule has 2 atom stereocenters. The van der Waals surface area contributed by atoms with Gasteiger partial charge in [-0.15, -0.1) is 0 Å². The average molecular weight is 291 g/mol. The SMILES string of the molecule is CC(c1cccnc1)N(C)CC(O)c1ccccc1Cl. The Morgan fingerprint density at radius 3 is 2.65 bits per heavy atom. The quantitative estimate of drug-likeness (QED) is 0.916. The molecule has 20 heavy (non-hydrogen) atoms. The Morgan fingerprint density at radius 1 is 1.25 bits per heavy atom. The molecule has 0 saturated heterocycles. The van der Waals surface area contributed by atoms with Crippen molar-refractivity contribution in [3.8, 4) is 0 Å². The number of aliphatic hydroxyl groups is 1. The number of hydrogen-bond donors (Lipinski definition) is 1. The van der Waals surface area contributed by atoms with Crippen LogP contribution < -0.4 is 0 Å². The van der Waals surface area contributed by atoms with E-state index in [2.05, 4.69) is 16.8 Å². The van der Waals surface area contributed by atoms with Crippen LogP contribution in [0.25, 0.3) is 0 Å². The standard InChI is InChI=1S/C16H19ClN2O/c1-12(13-6-5-9-18-10-13)19(2)11-16(20)14-7-3-4-8-15(14)17/h3-10,12,16,20H,11H2,1-2H3. The molecule has 0 bridgehead atoms. The Kier molecular flexibility index (Phi) is 5.12. The minimum atomic E-state index is -0.604. The summed E-state index contributed by atoms with van der Waals surface area (Å²) < 4.78 is 0. The number of nitrogens with zero attached hydrogens (tertiary/aromatic N) is 2. The van der Waals surface area contributed by atoms with E-state index >= 15 is 0 Å². The molecule has 1 aromatic carbocycles. The number of benzene rings is 1. The molecule has 0 fully saturated rings. The first kappa shape index (κ1) is 15.0. The number of aliphatic hydroxyl groups excluding tert-OH is 1. The summed E-state index contributed by atoms with van der Waals surface area (Å²) in [7, 11) is 1.98. The molecule has 1 heterocycles. The second-order valence-electron chi connectivity index (χ2n) is 4.94. The van der Waals surface area contributed by atoms with Gasteiger partial charge in [0.15, 0.2) is 0 Å². The topological polar surface area (TPSA) is 36.4 Å². The van der Waals surface area contributed by atoms with Crippen molar-refractivity contribution in [3.05, 3.63) is 64.9 Å². The van der Waals surface area contributed by atoms with E-state index in [-0.39, 0.29) is 6.04 Å². The van der Waals surface area contributed by atoms with Gasteiger partial charge >= 0.3 is 0 Å². The van der Waals surface area contributed by atoms with Gasteiger partial charge in [-0.25, -0.2) is 0 Å². The van der Waals surface area contributed by atoms with Gasteiger partial charge in [0.25, 0.3) is 0 Å². The van der Waals surface area contributed by atoms with E-state index in [4.69, 9.17) is 11.6 Å². The number of rotatable bonds is 5. The molecule has 0 saturated carbocycles. The summed E-state index contributed by atoms with van der Waals surface area (Å²) in [6.07, 6.45) is 3.01. The van der Waals surface area contributed by atoms with Crippen molar-refractivity contribution in [2.45, 2.75) is 19.1 Å². The lowest BCUT2D eigenvalue weighted by Gasteiger charge is -2.27. The van der Waals surface area contributed by atoms with Crippen LogP contribution in [-0.4, -0.2) is 28.6 Å². The normalized spacial score (nSPS) is 14.2. The summed E-state index contributed by atoms with van der Waals surface area (Å²) in [5.41, 5.74) is 1.89. The van der Waals surface area contributed by atoms with Crippen molar-refractivity contribution in [1.82, 2.24) is 9.88 Å². The van der Waals surface area contributed by atoms with Crippen molar-refractivity contribution in [2.75, 3.05) is 13.6 Å². The van der Waals surface area contributed by atoms with Crippen LogP contribution in [0.3, 0.4) is 0 Å². The van der Waals surface area contributed by atoms with Gasteiger partial charge in [0.2, 0.25) is 0 Å². The Hall–Kier alpha value is -1.42. The predicted octanol–water partition coefficient (Wildman–Crippen LogP) is 3.46. The summed E-state index contributed by atoms with van der Waals surface area (Å²) >= 11 is 6.11. The van der Waals surface area contributed by atoms with Gasteiger partial charge in [-0.2, -0.15) is 0 Å². The Bertz CT molecular complexity index is 547. The molecule has 3 nitrogen and oxygen atoms in total. The molecule has 0 aliphatic carbocycles. The summed E-state index contributed by atoms with van der Waals surface area (Å²) in [6.45, 7) is 2.61. The molecule has 0 amide bonds. The van der Waals surface area contributed by atoms with Crippen LogP contribution in [0.15, 0.2) is 48.8 Å². The molecule has 2 unspecified atom stereocenters. The molecule has 0 radical (unpaired) electrons. The van der Waals surface area contributed by atoms with Crippen molar-refractivity contribution >= 4 is 11.6 Å². The number of likely N-dealkylation sites (N-methyl/N-ethyl adjacent to an activating group) is 1. The molecule has 1 aromatic heterocycles. The van der Waals surface area contributed by atoms with Crippen LogP contribution in [0.1, 0.15) is 30.2 Å². The van der Waals surface area contributed by atoms with Crippen LogP contribution in [0.4, 0.5) is 0 Å². The summed E-state index contributed by atoms with van der Waals surface area (Å²) in [5, 5.41) is 10.9. The maximum absolute atomic E-state index is 10.3. The van der Waals surface area contributed by atoms with Gasteiger partial charge in [-0.1, -0.05) is 35.9 Å². The monoisotopic (exact) mass is 290 g/mol. The Balaban J connectivity index is 2.04. The zero-order chi connectivity index (χ0) is 14.5. The summed E-state index contributed by atoms with van der Waals surface area (Å²) in [6, 6.07) is 11.5. The highest BCUT2D eigenvalue weighted by atomic mass is 35.5. The third-order valence-corrected chi connectivity index (χ3v) is 3.90. The van der Waals surface area contributed by atoms with Gasteiger partial charge < -0.3 is 5.11 Å². The fourth-order valence-corrected chi connectivity index (χ4v) is 2.41. The van der Waals surface area contributed by atoms with Gasteiger partial charge in [-0.05, 0) is 31.7 Å². The minimum absolute atomic E-state index is 0.181. The number of aromatic nitrogens is 1. The molecule has 4 heteroatoms.